The van der Waals surface area contributed by atoms with Crippen LogP contribution in [0.5, 0.6) is 5.75 Å². The number of rotatable bonds is 5. The lowest BCUT2D eigenvalue weighted by Gasteiger charge is -2.29. The van der Waals surface area contributed by atoms with Gasteiger partial charge in [-0.15, -0.1) is 11.3 Å². The summed E-state index contributed by atoms with van der Waals surface area (Å²) in [5.74, 6) is 0.427. The minimum atomic E-state index is -0.992. The summed E-state index contributed by atoms with van der Waals surface area (Å²) in [6.45, 7) is 3.82. The number of hydrogen-bond donors (Lipinski definition) is 2. The Bertz CT molecular complexity index is 756. The van der Waals surface area contributed by atoms with Crippen LogP contribution in [0, 0.1) is 0 Å². The number of carbonyl (C=O) groups excluding carboxylic acids is 2. The van der Waals surface area contributed by atoms with Crippen molar-refractivity contribution in [1.29, 1.82) is 0 Å². The Hall–Kier alpha value is -2.34. The Labute approximate surface area is 151 Å². The maximum Gasteiger partial charge on any atom is 0.262 e. The molecule has 0 saturated carbocycles. The van der Waals surface area contributed by atoms with Gasteiger partial charge in [0.15, 0.2) is 0 Å². The molecule has 0 spiro atoms. The maximum atomic E-state index is 12.5. The smallest absolute Gasteiger partial charge is 0.262 e. The van der Waals surface area contributed by atoms with Gasteiger partial charge in [0, 0.05) is 0 Å². The van der Waals surface area contributed by atoms with E-state index >= 15 is 0 Å². The van der Waals surface area contributed by atoms with Gasteiger partial charge in [0.05, 0.1) is 11.4 Å². The fourth-order valence-corrected chi connectivity index (χ4v) is 3.38. The average Bonchev–Trinajstić information content (AvgIpc) is 3.14. The molecular weight excluding hydrogens is 336 g/mol. The number of amides is 2. The van der Waals surface area contributed by atoms with Crippen LogP contribution in [-0.2, 0) is 11.2 Å². The first kappa shape index (κ1) is 17.5. The molecule has 2 heterocycles. The summed E-state index contributed by atoms with van der Waals surface area (Å²) in [6, 6.07) is 11.5. The lowest BCUT2D eigenvalue weighted by Crippen LogP contribution is -2.56. The number of fused-ring (bicyclic) bond motifs is 1. The highest BCUT2D eigenvalue weighted by atomic mass is 32.1. The molecule has 2 amide bonds. The fraction of sp³-hybridized carbons (Fsp3) is 0.368. The highest BCUT2D eigenvalue weighted by molar-refractivity contribution is 7.12. The first-order valence-electron chi connectivity index (χ1n) is 8.34. The minimum absolute atomic E-state index is 0.0531. The van der Waals surface area contributed by atoms with Crippen molar-refractivity contribution >= 4 is 23.2 Å². The first-order valence-corrected chi connectivity index (χ1v) is 9.22. The van der Waals surface area contributed by atoms with Crippen LogP contribution in [-0.4, -0.2) is 30.0 Å². The third-order valence-corrected chi connectivity index (χ3v) is 5.10. The van der Waals surface area contributed by atoms with E-state index in [9.17, 15) is 9.59 Å². The summed E-state index contributed by atoms with van der Waals surface area (Å²) >= 11 is 1.35. The van der Waals surface area contributed by atoms with Gasteiger partial charge >= 0.3 is 0 Å². The van der Waals surface area contributed by atoms with Gasteiger partial charge < -0.3 is 15.4 Å². The van der Waals surface area contributed by atoms with Gasteiger partial charge in [-0.05, 0) is 49.8 Å². The Morgan fingerprint density at radius 1 is 1.24 bits per heavy atom. The molecule has 0 bridgehead atoms. The van der Waals surface area contributed by atoms with Crippen LogP contribution < -0.4 is 15.4 Å². The van der Waals surface area contributed by atoms with Crippen molar-refractivity contribution in [3.8, 4) is 5.75 Å². The summed E-state index contributed by atoms with van der Waals surface area (Å²) in [5, 5.41) is 7.51. The number of hydrogen-bond acceptors (Lipinski definition) is 4. The SMILES string of the molecule is CC(C)(NC(=O)c1cccs1)C(=O)NC[C@H]1CCc2ccccc2O1. The number of nitrogens with one attached hydrogen (secondary N) is 2. The van der Waals surface area contributed by atoms with E-state index in [0.29, 0.717) is 11.4 Å². The van der Waals surface area contributed by atoms with Crippen molar-refractivity contribution in [2.24, 2.45) is 0 Å². The third kappa shape index (κ3) is 4.20. The molecule has 132 valence electrons. The highest BCUT2D eigenvalue weighted by Gasteiger charge is 2.31. The van der Waals surface area contributed by atoms with E-state index < -0.39 is 5.54 Å². The Morgan fingerprint density at radius 3 is 2.80 bits per heavy atom. The van der Waals surface area contributed by atoms with Gasteiger partial charge in [-0.2, -0.15) is 0 Å². The van der Waals surface area contributed by atoms with Crippen LogP contribution in [0.2, 0.25) is 0 Å². The predicted molar refractivity (Wildman–Crippen MR) is 98.1 cm³/mol. The molecular formula is C19H22N2O3S. The largest absolute Gasteiger partial charge is 0.488 e. The van der Waals surface area contributed by atoms with Gasteiger partial charge in [-0.25, -0.2) is 0 Å². The molecule has 0 radical (unpaired) electrons. The third-order valence-electron chi connectivity index (χ3n) is 4.23. The van der Waals surface area contributed by atoms with Gasteiger partial charge in [0.2, 0.25) is 5.91 Å². The molecule has 1 atom stereocenters. The zero-order valence-electron chi connectivity index (χ0n) is 14.4. The molecule has 1 aromatic heterocycles. The van der Waals surface area contributed by atoms with E-state index in [1.165, 1.54) is 16.9 Å². The number of aryl methyl sites for hydroxylation is 1. The molecule has 2 N–H and O–H groups in total. The lowest BCUT2D eigenvalue weighted by molar-refractivity contribution is -0.126. The van der Waals surface area contributed by atoms with E-state index in [0.717, 1.165) is 18.6 Å². The fourth-order valence-electron chi connectivity index (χ4n) is 2.76. The Kier molecular flexibility index (Phi) is 5.08. The topological polar surface area (TPSA) is 67.4 Å². The van der Waals surface area contributed by atoms with Gasteiger partial charge in [-0.1, -0.05) is 24.3 Å². The molecule has 5 nitrogen and oxygen atoms in total. The van der Waals surface area contributed by atoms with Crippen LogP contribution in [0.15, 0.2) is 41.8 Å². The van der Waals surface area contributed by atoms with Crippen LogP contribution in [0.3, 0.4) is 0 Å². The molecule has 0 saturated heterocycles. The average molecular weight is 358 g/mol. The molecule has 6 heteroatoms. The summed E-state index contributed by atoms with van der Waals surface area (Å²) in [5.41, 5.74) is 0.210. The van der Waals surface area contributed by atoms with Crippen LogP contribution in [0.4, 0.5) is 0 Å². The first-order chi connectivity index (χ1) is 12.0. The molecule has 1 aromatic carbocycles. The Morgan fingerprint density at radius 2 is 2.04 bits per heavy atom. The van der Waals surface area contributed by atoms with Gasteiger partial charge in [0.1, 0.15) is 17.4 Å². The monoisotopic (exact) mass is 358 g/mol. The predicted octanol–water partition coefficient (Wildman–Crippen LogP) is 2.77. The summed E-state index contributed by atoms with van der Waals surface area (Å²) in [4.78, 5) is 25.2. The highest BCUT2D eigenvalue weighted by Crippen LogP contribution is 2.26. The van der Waals surface area contributed by atoms with Crippen molar-refractivity contribution in [3.63, 3.8) is 0 Å². The van der Waals surface area contributed by atoms with Crippen LogP contribution in [0.25, 0.3) is 0 Å². The lowest BCUT2D eigenvalue weighted by atomic mass is 10.0. The van der Waals surface area contributed by atoms with Gasteiger partial charge in [0.25, 0.3) is 5.91 Å². The number of carbonyl (C=O) groups is 2. The number of para-hydroxylation sites is 1. The second-order valence-corrected chi connectivity index (χ2v) is 7.60. The molecule has 3 rings (SSSR count). The molecule has 1 aliphatic heterocycles. The van der Waals surface area contributed by atoms with Crippen LogP contribution in [0.1, 0.15) is 35.5 Å². The summed E-state index contributed by atoms with van der Waals surface area (Å²) in [7, 11) is 0. The molecule has 25 heavy (non-hydrogen) atoms. The van der Waals surface area contributed by atoms with E-state index in [4.69, 9.17) is 4.74 Å². The zero-order chi connectivity index (χ0) is 17.9. The van der Waals surface area contributed by atoms with Crippen molar-refractivity contribution in [2.45, 2.75) is 38.3 Å². The Balaban J connectivity index is 1.52. The number of benzene rings is 1. The normalized spacial score (nSPS) is 16.5. The second-order valence-electron chi connectivity index (χ2n) is 6.65. The molecule has 2 aromatic rings. The summed E-state index contributed by atoms with van der Waals surface area (Å²) in [6.07, 6.45) is 1.75. The van der Waals surface area contributed by atoms with E-state index in [1.54, 1.807) is 19.9 Å². The molecule has 1 aliphatic rings. The number of ether oxygens (including phenoxy) is 1. The van der Waals surface area contributed by atoms with E-state index in [-0.39, 0.29) is 17.9 Å². The standard InChI is InChI=1S/C19H22N2O3S/c1-19(2,21-17(22)16-8-5-11-25-16)18(23)20-12-14-10-9-13-6-3-4-7-15(13)24-14/h3-8,11,14H,9-10,12H2,1-2H3,(H,20,23)(H,21,22)/t14-/m1/s1. The van der Waals surface area contributed by atoms with E-state index in [1.807, 2.05) is 29.6 Å². The second kappa shape index (κ2) is 7.27. The molecule has 0 unspecified atom stereocenters. The van der Waals surface area contributed by atoms with Crippen molar-refractivity contribution < 1.29 is 14.3 Å². The zero-order valence-corrected chi connectivity index (χ0v) is 15.2. The summed E-state index contributed by atoms with van der Waals surface area (Å²) < 4.78 is 5.93. The quantitative estimate of drug-likeness (QED) is 0.864. The van der Waals surface area contributed by atoms with Crippen LogP contribution >= 0.6 is 11.3 Å². The maximum absolute atomic E-state index is 12.5. The van der Waals surface area contributed by atoms with Crippen molar-refractivity contribution in [3.05, 3.63) is 52.2 Å². The van der Waals surface area contributed by atoms with Crippen molar-refractivity contribution in [1.82, 2.24) is 10.6 Å². The van der Waals surface area contributed by atoms with Crippen molar-refractivity contribution in [2.75, 3.05) is 6.54 Å². The molecule has 0 aliphatic carbocycles. The molecule has 0 fully saturated rings. The van der Waals surface area contributed by atoms with Gasteiger partial charge in [-0.3, -0.25) is 9.59 Å². The van der Waals surface area contributed by atoms with E-state index in [2.05, 4.69) is 16.7 Å². The number of thiophene rings is 1. The minimum Gasteiger partial charge on any atom is -0.488 e.